The molecule has 1 fully saturated rings. The van der Waals surface area contributed by atoms with Crippen molar-refractivity contribution < 1.29 is 22.3 Å². The summed E-state index contributed by atoms with van der Waals surface area (Å²) in [4.78, 5) is 12.1. The van der Waals surface area contributed by atoms with Crippen molar-refractivity contribution in [1.82, 2.24) is 9.62 Å². The summed E-state index contributed by atoms with van der Waals surface area (Å²) in [5.41, 5.74) is 0.501. The molecule has 0 unspecified atom stereocenters. The Morgan fingerprint density at radius 2 is 1.87 bits per heavy atom. The summed E-state index contributed by atoms with van der Waals surface area (Å²) >= 11 is 7.03. The molecule has 1 saturated heterocycles. The molecule has 0 atom stereocenters. The van der Waals surface area contributed by atoms with Crippen molar-refractivity contribution in [3.05, 3.63) is 58.9 Å². The van der Waals surface area contributed by atoms with E-state index in [1.807, 2.05) is 0 Å². The normalized spacial score (nSPS) is 14.5. The van der Waals surface area contributed by atoms with Gasteiger partial charge in [-0.2, -0.15) is 4.31 Å². The van der Waals surface area contributed by atoms with Crippen LogP contribution in [0, 0.1) is 5.82 Å². The third-order valence-corrected chi connectivity index (χ3v) is 7.85. The van der Waals surface area contributed by atoms with Gasteiger partial charge in [-0.15, -0.1) is 11.8 Å². The van der Waals surface area contributed by atoms with Gasteiger partial charge >= 0.3 is 0 Å². The van der Waals surface area contributed by atoms with Crippen molar-refractivity contribution >= 4 is 39.3 Å². The van der Waals surface area contributed by atoms with E-state index >= 15 is 0 Å². The maximum atomic E-state index is 13.7. The maximum absolute atomic E-state index is 13.7. The molecule has 0 saturated carbocycles. The Morgan fingerprint density at radius 3 is 2.55 bits per heavy atom. The van der Waals surface area contributed by atoms with Gasteiger partial charge in [0, 0.05) is 23.9 Å². The topological polar surface area (TPSA) is 75.7 Å². The minimum atomic E-state index is -3.44. The molecule has 1 aliphatic rings. The van der Waals surface area contributed by atoms with E-state index in [0.717, 1.165) is 12.8 Å². The van der Waals surface area contributed by atoms with Crippen LogP contribution in [0.25, 0.3) is 0 Å². The highest BCUT2D eigenvalue weighted by atomic mass is 35.5. The van der Waals surface area contributed by atoms with Crippen LogP contribution in [0.3, 0.4) is 0 Å². The number of carbonyl (C=O) groups excluding carboxylic acids is 1. The van der Waals surface area contributed by atoms with Gasteiger partial charge in [-0.1, -0.05) is 17.7 Å². The van der Waals surface area contributed by atoms with Gasteiger partial charge in [0.1, 0.15) is 18.2 Å². The van der Waals surface area contributed by atoms with Gasteiger partial charge in [0.15, 0.2) is 0 Å². The first-order chi connectivity index (χ1) is 14.9. The van der Waals surface area contributed by atoms with Crippen molar-refractivity contribution in [3.63, 3.8) is 0 Å². The minimum absolute atomic E-state index is 0.171. The summed E-state index contributed by atoms with van der Waals surface area (Å²) in [5, 5.41) is 3.07. The lowest BCUT2D eigenvalue weighted by atomic mass is 10.2. The number of nitrogens with zero attached hydrogens (tertiary/aromatic N) is 1. The molecule has 1 N–H and O–H groups in total. The number of thioether (sulfide) groups is 1. The fourth-order valence-corrected chi connectivity index (χ4v) is 5.61. The lowest BCUT2D eigenvalue weighted by molar-refractivity contribution is -0.118. The summed E-state index contributed by atoms with van der Waals surface area (Å²) < 4.78 is 45.8. The predicted molar refractivity (Wildman–Crippen MR) is 121 cm³/mol. The van der Waals surface area contributed by atoms with E-state index in [4.69, 9.17) is 16.3 Å². The lowest BCUT2D eigenvalue weighted by Gasteiger charge is -2.15. The van der Waals surface area contributed by atoms with Crippen LogP contribution < -0.4 is 10.1 Å². The van der Waals surface area contributed by atoms with Gasteiger partial charge in [0.2, 0.25) is 15.9 Å². The largest absolute Gasteiger partial charge is 0.492 e. The van der Waals surface area contributed by atoms with Gasteiger partial charge in [-0.05, 0) is 54.8 Å². The van der Waals surface area contributed by atoms with Gasteiger partial charge in [0.25, 0.3) is 0 Å². The van der Waals surface area contributed by atoms with E-state index in [0.29, 0.717) is 41.7 Å². The van der Waals surface area contributed by atoms with Crippen LogP contribution in [0.15, 0.2) is 47.4 Å². The highest BCUT2D eigenvalue weighted by Gasteiger charge is 2.26. The van der Waals surface area contributed by atoms with Gasteiger partial charge < -0.3 is 10.1 Å². The van der Waals surface area contributed by atoms with Crippen molar-refractivity contribution in [1.29, 1.82) is 0 Å². The Kier molecular flexibility index (Phi) is 8.59. The molecule has 31 heavy (non-hydrogen) atoms. The second-order valence-corrected chi connectivity index (χ2v) is 10.4. The summed E-state index contributed by atoms with van der Waals surface area (Å²) in [6.07, 6.45) is 1.78. The number of sulfonamides is 1. The first-order valence-electron chi connectivity index (χ1n) is 9.87. The highest BCUT2D eigenvalue weighted by molar-refractivity contribution is 7.99. The van der Waals surface area contributed by atoms with E-state index in [1.54, 1.807) is 24.3 Å². The monoisotopic (exact) mass is 486 g/mol. The Balaban J connectivity index is 1.35. The summed E-state index contributed by atoms with van der Waals surface area (Å²) in [5.74, 6) is 0.551. The number of carbonyl (C=O) groups is 1. The SMILES string of the molecule is O=C(CSCc1ccc(Cl)cc1F)NCCOc1ccc(S(=O)(=O)N2CCCC2)cc1. The first kappa shape index (κ1) is 23.8. The van der Waals surface area contributed by atoms with E-state index in [-0.39, 0.29) is 29.0 Å². The molecule has 0 spiro atoms. The number of nitrogens with one attached hydrogen (secondary N) is 1. The van der Waals surface area contributed by atoms with E-state index < -0.39 is 10.0 Å². The van der Waals surface area contributed by atoms with Crippen molar-refractivity contribution in [2.45, 2.75) is 23.5 Å². The van der Waals surface area contributed by atoms with Crippen molar-refractivity contribution in [2.75, 3.05) is 32.0 Å². The van der Waals surface area contributed by atoms with Crippen LogP contribution in [-0.4, -0.2) is 50.6 Å². The molecule has 2 aromatic carbocycles. The zero-order valence-electron chi connectivity index (χ0n) is 16.9. The van der Waals surface area contributed by atoms with Crippen molar-refractivity contribution in [3.8, 4) is 5.75 Å². The summed E-state index contributed by atoms with van der Waals surface area (Å²) in [6, 6.07) is 10.8. The number of rotatable bonds is 10. The number of halogens is 2. The van der Waals surface area contributed by atoms with Crippen LogP contribution in [0.1, 0.15) is 18.4 Å². The van der Waals surface area contributed by atoms with Crippen molar-refractivity contribution in [2.24, 2.45) is 0 Å². The number of ether oxygens (including phenoxy) is 1. The molecule has 168 valence electrons. The molecule has 10 heteroatoms. The molecule has 6 nitrogen and oxygen atoms in total. The van der Waals surface area contributed by atoms with Crippen LogP contribution in [0.5, 0.6) is 5.75 Å². The average Bonchev–Trinajstić information content (AvgIpc) is 3.29. The Morgan fingerprint density at radius 1 is 1.16 bits per heavy atom. The third kappa shape index (κ3) is 6.83. The maximum Gasteiger partial charge on any atom is 0.243 e. The molecule has 1 aliphatic heterocycles. The average molecular weight is 487 g/mol. The summed E-state index contributed by atoms with van der Waals surface area (Å²) in [6.45, 7) is 1.68. The van der Waals surface area contributed by atoms with Crippen LogP contribution in [0.4, 0.5) is 4.39 Å². The standard InChI is InChI=1S/C21H24ClFN2O4S2/c22-17-4-3-16(20(23)13-17)14-30-15-21(26)24-9-12-29-18-5-7-19(8-6-18)31(27,28)25-10-1-2-11-25/h3-8,13H,1-2,9-12,14-15H2,(H,24,26). The quantitative estimate of drug-likeness (QED) is 0.518. The molecule has 1 heterocycles. The number of hydrogen-bond donors (Lipinski definition) is 1. The molecule has 0 aromatic heterocycles. The molecule has 3 rings (SSSR count). The van der Waals surface area contributed by atoms with Crippen LogP contribution >= 0.6 is 23.4 Å². The number of amides is 1. The molecule has 0 radical (unpaired) electrons. The predicted octanol–water partition coefficient (Wildman–Crippen LogP) is 3.69. The fraction of sp³-hybridized carbons (Fsp3) is 0.381. The minimum Gasteiger partial charge on any atom is -0.492 e. The van der Waals surface area contributed by atoms with Crippen LogP contribution in [-0.2, 0) is 20.6 Å². The van der Waals surface area contributed by atoms with Crippen LogP contribution in [0.2, 0.25) is 5.02 Å². The zero-order chi connectivity index (χ0) is 22.3. The number of benzene rings is 2. The smallest absolute Gasteiger partial charge is 0.243 e. The Labute approximate surface area is 191 Å². The molecule has 0 bridgehead atoms. The molecule has 1 amide bonds. The molecular weight excluding hydrogens is 463 g/mol. The molecule has 2 aromatic rings. The van der Waals surface area contributed by atoms with Gasteiger partial charge in [-0.3, -0.25) is 4.79 Å². The Bertz CT molecular complexity index is 997. The lowest BCUT2D eigenvalue weighted by Crippen LogP contribution is -2.29. The highest BCUT2D eigenvalue weighted by Crippen LogP contribution is 2.23. The Hall–Kier alpha value is -1.81. The first-order valence-corrected chi connectivity index (χ1v) is 12.8. The van der Waals surface area contributed by atoms with E-state index in [2.05, 4.69) is 5.32 Å². The van der Waals surface area contributed by atoms with Gasteiger partial charge in [-0.25, -0.2) is 12.8 Å². The third-order valence-electron chi connectivity index (χ3n) is 4.73. The molecule has 0 aliphatic carbocycles. The molecular formula is C21H24ClFN2O4S2. The van der Waals surface area contributed by atoms with Gasteiger partial charge in [0.05, 0.1) is 17.2 Å². The number of hydrogen-bond acceptors (Lipinski definition) is 5. The fourth-order valence-electron chi connectivity index (χ4n) is 3.09. The van der Waals surface area contributed by atoms with E-state index in [9.17, 15) is 17.6 Å². The summed E-state index contributed by atoms with van der Waals surface area (Å²) in [7, 11) is -3.44. The second-order valence-electron chi connectivity index (χ2n) is 7.01. The second kappa shape index (κ2) is 11.2. The van der Waals surface area contributed by atoms with E-state index in [1.165, 1.54) is 34.3 Å². The zero-order valence-corrected chi connectivity index (χ0v) is 19.2.